The maximum absolute atomic E-state index is 9.33. The fraction of sp³-hybridized carbons (Fsp3) is 1.00. The van der Waals surface area contributed by atoms with E-state index in [1.165, 1.54) is 0 Å². The summed E-state index contributed by atoms with van der Waals surface area (Å²) in [6.07, 6.45) is -4.42. The number of hydroxylamine groups is 1. The van der Waals surface area contributed by atoms with Crippen LogP contribution >= 0.6 is 0 Å². The van der Waals surface area contributed by atoms with Crippen LogP contribution in [-0.4, -0.2) is 57.7 Å². The van der Waals surface area contributed by atoms with E-state index in [1.54, 1.807) is 5.48 Å². The average molecular weight is 194 g/mol. The van der Waals surface area contributed by atoms with Crippen molar-refractivity contribution in [3.05, 3.63) is 0 Å². The molecule has 0 radical (unpaired) electrons. The number of nitrogens with one attached hydrogen (secondary N) is 1. The molecule has 7 heteroatoms. The van der Waals surface area contributed by atoms with Crippen molar-refractivity contribution in [1.29, 1.82) is 0 Å². The lowest BCUT2D eigenvalue weighted by molar-refractivity contribution is -0.217. The van der Waals surface area contributed by atoms with Crippen LogP contribution in [0.1, 0.15) is 0 Å². The monoisotopic (exact) mass is 194 g/mol. The van der Waals surface area contributed by atoms with Gasteiger partial charge in [-0.15, -0.1) is 0 Å². The molecular weight excluding hydrogens is 180 g/mol. The second kappa shape index (κ2) is 4.29. The fourth-order valence-corrected chi connectivity index (χ4v) is 1.25. The predicted octanol–water partition coefficient (Wildman–Crippen LogP) is -3.27. The molecule has 78 valence electrons. The summed E-state index contributed by atoms with van der Waals surface area (Å²) in [6.45, 7) is -0.455. The highest BCUT2D eigenvalue weighted by atomic mass is 16.6. The average Bonchev–Trinajstić information content (AvgIpc) is 2.15. The summed E-state index contributed by atoms with van der Waals surface area (Å²) in [5.74, 6) is 0. The molecule has 1 heterocycles. The van der Waals surface area contributed by atoms with Crippen molar-refractivity contribution in [2.45, 2.75) is 30.6 Å². The van der Waals surface area contributed by atoms with Crippen LogP contribution < -0.4 is 11.2 Å². The molecule has 0 amide bonds. The predicted molar refractivity (Wildman–Crippen MR) is 40.7 cm³/mol. The second-order valence-corrected chi connectivity index (χ2v) is 2.97. The maximum Gasteiger partial charge on any atom is 0.148 e. The van der Waals surface area contributed by atoms with Crippen molar-refractivity contribution in [3.63, 3.8) is 0 Å². The molecule has 13 heavy (non-hydrogen) atoms. The van der Waals surface area contributed by atoms with Crippen LogP contribution in [0.15, 0.2) is 0 Å². The Balaban J connectivity index is 2.66. The van der Waals surface area contributed by atoms with Crippen LogP contribution in [0.4, 0.5) is 0 Å². The minimum absolute atomic E-state index is 0.455. The van der Waals surface area contributed by atoms with Gasteiger partial charge in [0, 0.05) is 0 Å². The van der Waals surface area contributed by atoms with E-state index in [2.05, 4.69) is 0 Å². The minimum atomic E-state index is -1.25. The third kappa shape index (κ3) is 1.97. The van der Waals surface area contributed by atoms with Crippen LogP contribution in [0.2, 0.25) is 0 Å². The first-order valence-electron chi connectivity index (χ1n) is 3.89. The Morgan fingerprint density at radius 3 is 2.38 bits per heavy atom. The summed E-state index contributed by atoms with van der Waals surface area (Å²) in [6, 6.07) is -0.942. The minimum Gasteiger partial charge on any atom is -0.394 e. The fourth-order valence-electron chi connectivity index (χ4n) is 1.25. The molecule has 1 aliphatic heterocycles. The van der Waals surface area contributed by atoms with Crippen molar-refractivity contribution in [1.82, 2.24) is 5.48 Å². The van der Waals surface area contributed by atoms with Gasteiger partial charge in [-0.05, 0) is 0 Å². The van der Waals surface area contributed by atoms with Gasteiger partial charge in [-0.1, -0.05) is 0 Å². The van der Waals surface area contributed by atoms with Gasteiger partial charge < -0.3 is 31.0 Å². The Bertz CT molecular complexity index is 149. The van der Waals surface area contributed by atoms with Crippen molar-refractivity contribution >= 4 is 0 Å². The number of nitrogens with two attached hydrogens (primary N) is 1. The molecule has 0 aromatic carbocycles. The van der Waals surface area contributed by atoms with Gasteiger partial charge in [-0.25, -0.2) is 0 Å². The van der Waals surface area contributed by atoms with Gasteiger partial charge >= 0.3 is 0 Å². The summed E-state index contributed by atoms with van der Waals surface area (Å²) in [4.78, 5) is 0. The lowest BCUT2D eigenvalue weighted by Crippen LogP contribution is -2.65. The number of hydrogen-bond donors (Lipinski definition) is 6. The highest BCUT2D eigenvalue weighted by molar-refractivity contribution is 4.92. The number of aliphatic hydroxyl groups excluding tert-OH is 3. The number of rotatable bonds is 2. The maximum atomic E-state index is 9.33. The summed E-state index contributed by atoms with van der Waals surface area (Å²) in [5.41, 5.74) is 7.14. The molecule has 1 aliphatic rings. The van der Waals surface area contributed by atoms with Gasteiger partial charge in [-0.3, -0.25) is 0 Å². The first-order chi connectivity index (χ1) is 6.11. The molecule has 1 rings (SSSR count). The molecule has 0 aromatic rings. The Morgan fingerprint density at radius 1 is 1.31 bits per heavy atom. The Hall–Kier alpha value is -0.280. The molecule has 0 aromatic heterocycles. The van der Waals surface area contributed by atoms with E-state index in [0.717, 1.165) is 0 Å². The molecule has 0 spiro atoms. The standard InChI is InChI=1S/C6H14N2O5/c7-3-5(11)4(10)2(1-9)13-6(3)8-12/h2-6,8-12H,1,7H2/t2-,3-,4-,5+,6+/m0/s1. The van der Waals surface area contributed by atoms with Crippen molar-refractivity contribution in [3.8, 4) is 0 Å². The highest BCUT2D eigenvalue weighted by Crippen LogP contribution is 2.17. The smallest absolute Gasteiger partial charge is 0.148 e. The van der Waals surface area contributed by atoms with Gasteiger partial charge in [0.2, 0.25) is 0 Å². The van der Waals surface area contributed by atoms with Gasteiger partial charge in [0.05, 0.1) is 12.6 Å². The van der Waals surface area contributed by atoms with Crippen LogP contribution in [0.5, 0.6) is 0 Å². The SMILES string of the molecule is N[C@H]1[C@@H](O)[C@@H](O)[C@H](CO)O[C@H]1NO. The number of hydrogen-bond acceptors (Lipinski definition) is 7. The first kappa shape index (κ1) is 10.8. The zero-order valence-corrected chi connectivity index (χ0v) is 6.87. The van der Waals surface area contributed by atoms with Crippen molar-refractivity contribution < 1.29 is 25.3 Å². The van der Waals surface area contributed by atoms with Crippen LogP contribution in [0.3, 0.4) is 0 Å². The van der Waals surface area contributed by atoms with Crippen LogP contribution in [-0.2, 0) is 4.74 Å². The van der Waals surface area contributed by atoms with E-state index in [9.17, 15) is 10.2 Å². The zero-order chi connectivity index (χ0) is 10.0. The normalized spacial score (nSPS) is 46.4. The lowest BCUT2D eigenvalue weighted by atomic mass is 9.97. The number of ether oxygens (including phenoxy) is 1. The van der Waals surface area contributed by atoms with Gasteiger partial charge in [0.25, 0.3) is 0 Å². The van der Waals surface area contributed by atoms with E-state index in [4.69, 9.17) is 20.8 Å². The summed E-state index contributed by atoms with van der Waals surface area (Å²) < 4.78 is 4.93. The molecule has 1 saturated heterocycles. The van der Waals surface area contributed by atoms with Crippen LogP contribution in [0, 0.1) is 0 Å². The van der Waals surface area contributed by atoms with E-state index >= 15 is 0 Å². The van der Waals surface area contributed by atoms with Crippen molar-refractivity contribution in [2.24, 2.45) is 5.73 Å². The molecule has 0 unspecified atom stereocenters. The molecule has 0 bridgehead atoms. The molecule has 0 saturated carbocycles. The molecule has 7 N–H and O–H groups in total. The second-order valence-electron chi connectivity index (χ2n) is 2.97. The Labute approximate surface area is 74.7 Å². The third-order valence-electron chi connectivity index (χ3n) is 2.10. The topological polar surface area (TPSA) is 128 Å². The van der Waals surface area contributed by atoms with Gasteiger partial charge in [-0.2, -0.15) is 5.48 Å². The third-order valence-corrected chi connectivity index (χ3v) is 2.10. The van der Waals surface area contributed by atoms with E-state index in [1.807, 2.05) is 0 Å². The molecule has 0 aliphatic carbocycles. The molecule has 1 fully saturated rings. The summed E-state index contributed by atoms with van der Waals surface area (Å²) in [7, 11) is 0. The Morgan fingerprint density at radius 2 is 1.92 bits per heavy atom. The molecule has 5 atom stereocenters. The van der Waals surface area contributed by atoms with Crippen molar-refractivity contribution in [2.75, 3.05) is 6.61 Å². The van der Waals surface area contributed by atoms with E-state index in [0.29, 0.717) is 0 Å². The highest BCUT2D eigenvalue weighted by Gasteiger charge is 2.42. The Kier molecular flexibility index (Phi) is 3.56. The lowest BCUT2D eigenvalue weighted by Gasteiger charge is -2.39. The van der Waals surface area contributed by atoms with Gasteiger partial charge in [0.15, 0.2) is 0 Å². The quantitative estimate of drug-likeness (QED) is 0.254. The van der Waals surface area contributed by atoms with E-state index in [-0.39, 0.29) is 0 Å². The zero-order valence-electron chi connectivity index (χ0n) is 6.87. The summed E-state index contributed by atoms with van der Waals surface area (Å²) >= 11 is 0. The first-order valence-corrected chi connectivity index (χ1v) is 3.89. The van der Waals surface area contributed by atoms with Gasteiger partial charge in [0.1, 0.15) is 24.5 Å². The largest absolute Gasteiger partial charge is 0.394 e. The van der Waals surface area contributed by atoms with E-state index < -0.39 is 37.2 Å². The summed E-state index contributed by atoms with van der Waals surface area (Å²) in [5, 5.41) is 35.9. The van der Waals surface area contributed by atoms with Crippen LogP contribution in [0.25, 0.3) is 0 Å². The molecular formula is C6H14N2O5. The number of aliphatic hydroxyl groups is 3. The molecule has 7 nitrogen and oxygen atoms in total.